The average Bonchev–Trinajstić information content (AvgIpc) is 3.27. The lowest BCUT2D eigenvalue weighted by Crippen LogP contribution is -2.56. The van der Waals surface area contributed by atoms with Gasteiger partial charge in [0.25, 0.3) is 0 Å². The number of hydrogen-bond acceptors (Lipinski definition) is 6. The van der Waals surface area contributed by atoms with Crippen LogP contribution in [0.5, 0.6) is 0 Å². The van der Waals surface area contributed by atoms with Gasteiger partial charge < -0.3 is 21.1 Å². The molecule has 0 aliphatic carbocycles. The maximum Gasteiger partial charge on any atom is 0.446 e. The summed E-state index contributed by atoms with van der Waals surface area (Å²) >= 11 is 0. The monoisotopic (exact) mass is 562 g/mol. The third-order valence-electron chi connectivity index (χ3n) is 6.65. The molecule has 4 N–H and O–H groups in total. The second kappa shape index (κ2) is 12.7. The Labute approximate surface area is 227 Å². The van der Waals surface area contributed by atoms with E-state index in [1.54, 1.807) is 44.3 Å². The summed E-state index contributed by atoms with van der Waals surface area (Å²) in [7, 11) is 1.66. The van der Waals surface area contributed by atoms with Gasteiger partial charge in [0.05, 0.1) is 11.7 Å². The van der Waals surface area contributed by atoms with Gasteiger partial charge in [-0.05, 0) is 43.5 Å². The third kappa shape index (κ3) is 7.03. The summed E-state index contributed by atoms with van der Waals surface area (Å²) in [5, 5.41) is 18.0. The van der Waals surface area contributed by atoms with Crippen molar-refractivity contribution in [2.75, 3.05) is 11.9 Å². The molecule has 214 valence electrons. The van der Waals surface area contributed by atoms with Gasteiger partial charge in [-0.3, -0.25) is 24.1 Å². The number of carboxylic acid groups (broad SMARTS) is 1. The molecule has 0 fully saturated rings. The van der Waals surface area contributed by atoms with Crippen LogP contribution in [0.1, 0.15) is 36.1 Å². The Morgan fingerprint density at radius 1 is 1.07 bits per heavy atom. The van der Waals surface area contributed by atoms with E-state index in [1.807, 2.05) is 18.2 Å². The molecule has 2 aromatic rings. The number of aldehydes is 1. The zero-order valence-corrected chi connectivity index (χ0v) is 21.7. The maximum atomic E-state index is 13.6. The number of likely N-dealkylation sites (N-methyl/N-ethyl adjacent to an activating group) is 1. The Balaban J connectivity index is 0.000000663. The second-order valence-electron chi connectivity index (χ2n) is 9.31. The normalized spacial score (nSPS) is 19.2. The van der Waals surface area contributed by atoms with Crippen molar-refractivity contribution in [2.24, 2.45) is 0 Å². The SMILES string of the molecule is CN[C@@H](C)C(=O)N[C@H]1CCc2cccc3c2N(C1=O)[C@H](C(=O)N[C@H](C(=O)O)c1ccccc1)C3.O=CC(F)(F)F. The number of para-hydroxylation sites is 1. The molecule has 0 aromatic heterocycles. The second-order valence-corrected chi connectivity index (χ2v) is 9.31. The number of hydrogen-bond donors (Lipinski definition) is 4. The van der Waals surface area contributed by atoms with Gasteiger partial charge in [-0.2, -0.15) is 13.2 Å². The molecule has 0 spiro atoms. The number of carbonyl (C=O) groups is 5. The van der Waals surface area contributed by atoms with Crippen molar-refractivity contribution in [3.8, 4) is 0 Å². The molecule has 2 aliphatic heterocycles. The van der Waals surface area contributed by atoms with E-state index in [9.17, 15) is 37.5 Å². The summed E-state index contributed by atoms with van der Waals surface area (Å²) in [5.74, 6) is -2.42. The summed E-state index contributed by atoms with van der Waals surface area (Å²) in [5.41, 5.74) is 2.91. The van der Waals surface area contributed by atoms with E-state index in [4.69, 9.17) is 4.79 Å². The van der Waals surface area contributed by atoms with Gasteiger partial charge in [0.2, 0.25) is 24.0 Å². The van der Waals surface area contributed by atoms with E-state index in [1.165, 1.54) is 4.90 Å². The first kappa shape index (κ1) is 30.3. The molecular formula is C27H29F3N4O6. The lowest BCUT2D eigenvalue weighted by molar-refractivity contribution is -0.156. The van der Waals surface area contributed by atoms with Crippen LogP contribution in [0.25, 0.3) is 0 Å². The Kier molecular flexibility index (Phi) is 9.64. The van der Waals surface area contributed by atoms with Gasteiger partial charge in [-0.15, -0.1) is 0 Å². The molecule has 0 unspecified atom stereocenters. The predicted molar refractivity (Wildman–Crippen MR) is 137 cm³/mol. The van der Waals surface area contributed by atoms with E-state index in [0.29, 0.717) is 24.1 Å². The van der Waals surface area contributed by atoms with Crippen LogP contribution < -0.4 is 20.9 Å². The quantitative estimate of drug-likeness (QED) is 0.376. The number of nitrogens with zero attached hydrogens (tertiary/aromatic N) is 1. The van der Waals surface area contributed by atoms with Crippen LogP contribution in [0, 0.1) is 0 Å². The lowest BCUT2D eigenvalue weighted by atomic mass is 10.0. The number of aliphatic carboxylic acids is 1. The molecule has 40 heavy (non-hydrogen) atoms. The van der Waals surface area contributed by atoms with Gasteiger partial charge >= 0.3 is 12.1 Å². The Hall–Kier alpha value is -4.26. The molecule has 4 atom stereocenters. The highest BCUT2D eigenvalue weighted by Crippen LogP contribution is 2.39. The number of alkyl halides is 3. The summed E-state index contributed by atoms with van der Waals surface area (Å²) < 4.78 is 31.2. The van der Waals surface area contributed by atoms with E-state index < -0.39 is 48.5 Å². The minimum Gasteiger partial charge on any atom is -0.479 e. The largest absolute Gasteiger partial charge is 0.479 e. The van der Waals surface area contributed by atoms with Gasteiger partial charge in [-0.1, -0.05) is 48.5 Å². The van der Waals surface area contributed by atoms with Crippen LogP contribution >= 0.6 is 0 Å². The third-order valence-corrected chi connectivity index (χ3v) is 6.65. The Morgan fingerprint density at radius 3 is 2.27 bits per heavy atom. The fraction of sp³-hybridized carbons (Fsp3) is 0.370. The standard InChI is InChI=1S/C25H28N4O5.C2HF3O/c1-14(26-2)22(30)27-18-12-11-16-9-6-10-17-13-19(29(21(16)17)24(18)32)23(31)28-20(25(33)34)15-7-4-3-5-8-15;3-2(4,5)1-6/h3-10,14,18-20,26H,11-13H2,1-2H3,(H,27,30)(H,28,31)(H,33,34);1H/t14-,18-,19-,20-;/m0./s1. The highest BCUT2D eigenvalue weighted by Gasteiger charge is 2.44. The van der Waals surface area contributed by atoms with Crippen molar-refractivity contribution in [2.45, 2.75) is 56.5 Å². The van der Waals surface area contributed by atoms with Crippen LogP contribution in [-0.4, -0.2) is 66.4 Å². The van der Waals surface area contributed by atoms with E-state index >= 15 is 0 Å². The minimum atomic E-state index is -4.64. The number of rotatable bonds is 7. The molecule has 0 saturated heterocycles. The fourth-order valence-corrected chi connectivity index (χ4v) is 4.57. The van der Waals surface area contributed by atoms with Gasteiger partial charge in [0.1, 0.15) is 12.1 Å². The molecular weight excluding hydrogens is 533 g/mol. The summed E-state index contributed by atoms with van der Waals surface area (Å²) in [6.07, 6.45) is -4.45. The number of anilines is 1. The number of nitrogens with one attached hydrogen (secondary N) is 3. The first-order chi connectivity index (χ1) is 18.9. The minimum absolute atomic E-state index is 0.273. The zero-order valence-electron chi connectivity index (χ0n) is 21.7. The number of carbonyl (C=O) groups excluding carboxylic acids is 4. The Bertz CT molecular complexity index is 1270. The van der Waals surface area contributed by atoms with E-state index in [2.05, 4.69) is 16.0 Å². The molecule has 3 amide bonds. The number of benzene rings is 2. The molecule has 0 saturated carbocycles. The first-order valence-corrected chi connectivity index (χ1v) is 12.4. The average molecular weight is 563 g/mol. The first-order valence-electron chi connectivity index (χ1n) is 12.4. The smallest absolute Gasteiger partial charge is 0.446 e. The zero-order chi connectivity index (χ0) is 29.6. The highest BCUT2D eigenvalue weighted by atomic mass is 19.4. The number of aryl methyl sites for hydroxylation is 1. The van der Waals surface area contributed by atoms with Crippen LogP contribution in [0.3, 0.4) is 0 Å². The van der Waals surface area contributed by atoms with Crippen molar-refractivity contribution in [1.29, 1.82) is 0 Å². The molecule has 0 bridgehead atoms. The summed E-state index contributed by atoms with van der Waals surface area (Å²) in [6.45, 7) is 1.70. The number of halogens is 3. The lowest BCUT2D eigenvalue weighted by Gasteiger charge is -2.29. The van der Waals surface area contributed by atoms with E-state index in [-0.39, 0.29) is 18.2 Å². The van der Waals surface area contributed by atoms with Crippen LogP contribution in [0.15, 0.2) is 48.5 Å². The number of carboxylic acids is 1. The van der Waals surface area contributed by atoms with Gasteiger partial charge in [0, 0.05) is 6.42 Å². The van der Waals surface area contributed by atoms with Crippen molar-refractivity contribution in [3.05, 3.63) is 65.2 Å². The van der Waals surface area contributed by atoms with Gasteiger partial charge in [0.15, 0.2) is 6.04 Å². The van der Waals surface area contributed by atoms with Gasteiger partial charge in [-0.25, -0.2) is 4.79 Å². The van der Waals surface area contributed by atoms with Crippen molar-refractivity contribution in [1.82, 2.24) is 16.0 Å². The predicted octanol–water partition coefficient (Wildman–Crippen LogP) is 1.67. The molecule has 2 aliphatic rings. The molecule has 0 radical (unpaired) electrons. The summed E-state index contributed by atoms with van der Waals surface area (Å²) in [4.78, 5) is 61.6. The maximum absolute atomic E-state index is 13.6. The fourth-order valence-electron chi connectivity index (χ4n) is 4.57. The molecule has 2 aromatic carbocycles. The molecule has 2 heterocycles. The molecule has 13 heteroatoms. The van der Waals surface area contributed by atoms with E-state index in [0.717, 1.165) is 11.1 Å². The van der Waals surface area contributed by atoms with Crippen molar-refractivity contribution in [3.63, 3.8) is 0 Å². The van der Waals surface area contributed by atoms with Crippen LogP contribution in [-0.2, 0) is 36.8 Å². The number of amides is 3. The van der Waals surface area contributed by atoms with Crippen molar-refractivity contribution >= 4 is 35.7 Å². The van der Waals surface area contributed by atoms with Crippen molar-refractivity contribution < 1.29 is 42.3 Å². The van der Waals surface area contributed by atoms with Crippen LogP contribution in [0.4, 0.5) is 18.9 Å². The molecule has 4 rings (SSSR count). The Morgan fingerprint density at radius 2 is 1.70 bits per heavy atom. The highest BCUT2D eigenvalue weighted by molar-refractivity contribution is 6.08. The van der Waals surface area contributed by atoms with Crippen LogP contribution in [0.2, 0.25) is 0 Å². The topological polar surface area (TPSA) is 145 Å². The summed E-state index contributed by atoms with van der Waals surface area (Å²) in [6, 6.07) is 10.7. The molecule has 10 nitrogen and oxygen atoms in total.